The molecule has 2 fully saturated rings. The molecule has 1 aromatic carbocycles. The normalized spacial score (nSPS) is 20.5. The zero-order valence-electron chi connectivity index (χ0n) is 14.7. The fourth-order valence-electron chi connectivity index (χ4n) is 3.40. The monoisotopic (exact) mass is 348 g/mol. The molecule has 7 nitrogen and oxygen atoms in total. The molecule has 2 aliphatic heterocycles. The molecule has 1 atom stereocenters. The number of amides is 2. The summed E-state index contributed by atoms with van der Waals surface area (Å²) in [6.45, 7) is 2.89. The predicted octanol–water partition coefficient (Wildman–Crippen LogP) is 1.17. The second-order valence-corrected chi connectivity index (χ2v) is 6.16. The molecule has 0 unspecified atom stereocenters. The Morgan fingerprint density at radius 3 is 2.48 bits per heavy atom. The largest absolute Gasteiger partial charge is 0.493 e. The molecule has 2 heterocycles. The summed E-state index contributed by atoms with van der Waals surface area (Å²) < 4.78 is 15.8. The van der Waals surface area contributed by atoms with E-state index in [4.69, 9.17) is 14.2 Å². The smallest absolute Gasteiger partial charge is 0.254 e. The third-order valence-electron chi connectivity index (χ3n) is 4.75. The topological polar surface area (TPSA) is 68.3 Å². The first kappa shape index (κ1) is 17.5. The minimum atomic E-state index is -0.390. The second kappa shape index (κ2) is 7.74. The third kappa shape index (κ3) is 3.56. The maximum Gasteiger partial charge on any atom is 0.254 e. The van der Waals surface area contributed by atoms with Gasteiger partial charge >= 0.3 is 0 Å². The molecule has 1 aromatic rings. The Hall–Kier alpha value is -2.28. The van der Waals surface area contributed by atoms with Crippen LogP contribution < -0.4 is 9.47 Å². The van der Waals surface area contributed by atoms with Gasteiger partial charge in [-0.2, -0.15) is 0 Å². The van der Waals surface area contributed by atoms with Gasteiger partial charge in [-0.1, -0.05) is 0 Å². The highest BCUT2D eigenvalue weighted by molar-refractivity contribution is 5.98. The van der Waals surface area contributed by atoms with E-state index in [0.717, 1.165) is 6.42 Å². The van der Waals surface area contributed by atoms with Crippen molar-refractivity contribution in [3.63, 3.8) is 0 Å². The van der Waals surface area contributed by atoms with Crippen molar-refractivity contribution in [3.05, 3.63) is 23.8 Å². The van der Waals surface area contributed by atoms with Crippen LogP contribution in [0.25, 0.3) is 0 Å². The van der Waals surface area contributed by atoms with E-state index in [2.05, 4.69) is 0 Å². The van der Waals surface area contributed by atoms with Gasteiger partial charge in [0, 0.05) is 25.2 Å². The Morgan fingerprint density at radius 2 is 1.80 bits per heavy atom. The van der Waals surface area contributed by atoms with Crippen LogP contribution in [0.3, 0.4) is 0 Å². The van der Waals surface area contributed by atoms with E-state index in [1.54, 1.807) is 35.1 Å². The lowest BCUT2D eigenvalue weighted by Gasteiger charge is -2.32. The predicted molar refractivity (Wildman–Crippen MR) is 91.0 cm³/mol. The Labute approximate surface area is 147 Å². The summed E-state index contributed by atoms with van der Waals surface area (Å²) in [4.78, 5) is 29.2. The van der Waals surface area contributed by atoms with Gasteiger partial charge in [-0.15, -0.1) is 0 Å². The molecule has 2 aliphatic rings. The van der Waals surface area contributed by atoms with Gasteiger partial charge < -0.3 is 24.0 Å². The van der Waals surface area contributed by atoms with Crippen molar-refractivity contribution in [1.29, 1.82) is 0 Å². The summed E-state index contributed by atoms with van der Waals surface area (Å²) in [6, 6.07) is 4.69. The minimum absolute atomic E-state index is 0.0228. The fourth-order valence-corrected chi connectivity index (χ4v) is 3.40. The van der Waals surface area contributed by atoms with Gasteiger partial charge in [0.1, 0.15) is 6.04 Å². The van der Waals surface area contributed by atoms with Gasteiger partial charge in [-0.05, 0) is 31.0 Å². The summed E-state index contributed by atoms with van der Waals surface area (Å²) >= 11 is 0. The summed E-state index contributed by atoms with van der Waals surface area (Å²) in [5.74, 6) is 0.949. The first-order valence-electron chi connectivity index (χ1n) is 8.55. The number of likely N-dealkylation sites (tertiary alicyclic amines) is 1. The molecule has 0 radical (unpaired) electrons. The van der Waals surface area contributed by atoms with Crippen LogP contribution >= 0.6 is 0 Å². The molecule has 0 aliphatic carbocycles. The maximum absolute atomic E-state index is 12.9. The molecule has 136 valence electrons. The molecule has 0 saturated carbocycles. The lowest BCUT2D eigenvalue weighted by Crippen LogP contribution is -2.51. The number of methoxy groups -OCH3 is 2. The van der Waals surface area contributed by atoms with Gasteiger partial charge in [0.2, 0.25) is 5.91 Å². The first-order chi connectivity index (χ1) is 12.2. The Bertz CT molecular complexity index is 642. The van der Waals surface area contributed by atoms with E-state index in [0.29, 0.717) is 56.3 Å². The van der Waals surface area contributed by atoms with Gasteiger partial charge in [0.15, 0.2) is 11.5 Å². The number of morpholine rings is 1. The molecular formula is C18H24N2O5. The van der Waals surface area contributed by atoms with Crippen molar-refractivity contribution < 1.29 is 23.8 Å². The van der Waals surface area contributed by atoms with Crippen LogP contribution in [0.2, 0.25) is 0 Å². The van der Waals surface area contributed by atoms with Gasteiger partial charge in [-0.3, -0.25) is 9.59 Å². The fraction of sp³-hybridized carbons (Fsp3) is 0.556. The lowest BCUT2D eigenvalue weighted by atomic mass is 10.1. The van der Waals surface area contributed by atoms with Crippen LogP contribution in [-0.4, -0.2) is 74.7 Å². The number of hydrogen-bond acceptors (Lipinski definition) is 5. The molecule has 0 bridgehead atoms. The second-order valence-electron chi connectivity index (χ2n) is 6.16. The zero-order chi connectivity index (χ0) is 17.8. The Balaban J connectivity index is 1.77. The van der Waals surface area contributed by atoms with Crippen molar-refractivity contribution >= 4 is 11.8 Å². The number of hydrogen-bond donors (Lipinski definition) is 0. The molecule has 0 N–H and O–H groups in total. The third-order valence-corrected chi connectivity index (χ3v) is 4.75. The highest BCUT2D eigenvalue weighted by atomic mass is 16.5. The zero-order valence-corrected chi connectivity index (χ0v) is 14.7. The molecular weight excluding hydrogens is 324 g/mol. The van der Waals surface area contributed by atoms with Crippen molar-refractivity contribution in [2.24, 2.45) is 0 Å². The van der Waals surface area contributed by atoms with E-state index >= 15 is 0 Å². The highest BCUT2D eigenvalue weighted by Crippen LogP contribution is 2.29. The SMILES string of the molecule is COc1ccc(C(=O)N2CCC[C@H]2C(=O)N2CCOCC2)cc1OC. The average Bonchev–Trinajstić information content (AvgIpc) is 3.16. The van der Waals surface area contributed by atoms with Crippen molar-refractivity contribution in [3.8, 4) is 11.5 Å². The van der Waals surface area contributed by atoms with Crippen LogP contribution in [0.1, 0.15) is 23.2 Å². The molecule has 2 saturated heterocycles. The van der Waals surface area contributed by atoms with Gasteiger partial charge in [0.05, 0.1) is 27.4 Å². The molecule has 2 amide bonds. The molecule has 3 rings (SSSR count). The number of benzene rings is 1. The average molecular weight is 348 g/mol. The standard InChI is InChI=1S/C18H24N2O5/c1-23-15-6-5-13(12-16(15)24-2)17(21)20-7-3-4-14(20)18(22)19-8-10-25-11-9-19/h5-6,12,14H,3-4,7-11H2,1-2H3/t14-/m0/s1. The van der Waals surface area contributed by atoms with E-state index in [1.807, 2.05) is 0 Å². The quantitative estimate of drug-likeness (QED) is 0.817. The number of carbonyl (C=O) groups is 2. The summed E-state index contributed by atoms with van der Waals surface area (Å²) in [5.41, 5.74) is 0.499. The van der Waals surface area contributed by atoms with E-state index < -0.39 is 6.04 Å². The number of carbonyl (C=O) groups excluding carboxylic acids is 2. The maximum atomic E-state index is 12.9. The van der Waals surface area contributed by atoms with Crippen LogP contribution in [0, 0.1) is 0 Å². The Kier molecular flexibility index (Phi) is 5.43. The van der Waals surface area contributed by atoms with Crippen molar-refractivity contribution in [2.75, 3.05) is 47.1 Å². The first-order valence-corrected chi connectivity index (χ1v) is 8.55. The lowest BCUT2D eigenvalue weighted by molar-refractivity contribution is -0.139. The van der Waals surface area contributed by atoms with Crippen molar-refractivity contribution in [1.82, 2.24) is 9.80 Å². The summed E-state index contributed by atoms with van der Waals surface area (Å²) in [5, 5.41) is 0. The number of ether oxygens (including phenoxy) is 3. The van der Waals surface area contributed by atoms with E-state index in [1.165, 1.54) is 7.11 Å². The van der Waals surface area contributed by atoms with Gasteiger partial charge in [0.25, 0.3) is 5.91 Å². The molecule has 7 heteroatoms. The molecule has 25 heavy (non-hydrogen) atoms. The summed E-state index contributed by atoms with van der Waals surface area (Å²) in [6.07, 6.45) is 1.54. The van der Waals surface area contributed by atoms with Crippen LogP contribution in [0.5, 0.6) is 11.5 Å². The molecule has 0 spiro atoms. The molecule has 0 aromatic heterocycles. The minimum Gasteiger partial charge on any atom is -0.493 e. The van der Waals surface area contributed by atoms with Crippen LogP contribution in [0.15, 0.2) is 18.2 Å². The Morgan fingerprint density at radius 1 is 1.08 bits per heavy atom. The summed E-state index contributed by atoms with van der Waals surface area (Å²) in [7, 11) is 3.09. The van der Waals surface area contributed by atoms with E-state index in [9.17, 15) is 9.59 Å². The number of nitrogens with zero attached hydrogens (tertiary/aromatic N) is 2. The van der Waals surface area contributed by atoms with Crippen LogP contribution in [-0.2, 0) is 9.53 Å². The number of rotatable bonds is 4. The highest BCUT2D eigenvalue weighted by Gasteiger charge is 2.37. The van der Waals surface area contributed by atoms with E-state index in [-0.39, 0.29) is 11.8 Å². The van der Waals surface area contributed by atoms with Crippen molar-refractivity contribution in [2.45, 2.75) is 18.9 Å². The van der Waals surface area contributed by atoms with Gasteiger partial charge in [-0.25, -0.2) is 0 Å². The van der Waals surface area contributed by atoms with Crippen LogP contribution in [0.4, 0.5) is 0 Å².